The Bertz CT molecular complexity index is 1270. The fourth-order valence-electron chi connectivity index (χ4n) is 4.08. The van der Waals surface area contributed by atoms with Gasteiger partial charge < -0.3 is 14.1 Å². The molecule has 12 heteroatoms. The monoisotopic (exact) mass is 505 g/mol. The van der Waals surface area contributed by atoms with Crippen LogP contribution in [0.1, 0.15) is 17.7 Å². The van der Waals surface area contributed by atoms with Crippen LogP contribution >= 0.6 is 11.3 Å². The summed E-state index contributed by atoms with van der Waals surface area (Å²) in [6, 6.07) is 11.0. The zero-order chi connectivity index (χ0) is 24.3. The molecule has 2 N–H and O–H groups in total. The van der Waals surface area contributed by atoms with Crippen molar-refractivity contribution in [2.75, 3.05) is 26.0 Å². The number of benzene rings is 1. The predicted molar refractivity (Wildman–Crippen MR) is 124 cm³/mol. The van der Waals surface area contributed by atoms with Gasteiger partial charge in [-0.15, -0.1) is 11.3 Å². The van der Waals surface area contributed by atoms with E-state index in [0.717, 1.165) is 16.0 Å². The van der Waals surface area contributed by atoms with Gasteiger partial charge in [0.2, 0.25) is 5.91 Å². The lowest BCUT2D eigenvalue weighted by molar-refractivity contribution is -0.129. The van der Waals surface area contributed by atoms with Crippen molar-refractivity contribution < 1.29 is 32.4 Å². The Morgan fingerprint density at radius 2 is 1.94 bits per heavy atom. The first-order valence-electron chi connectivity index (χ1n) is 10.4. The molecule has 1 unspecified atom stereocenters. The summed E-state index contributed by atoms with van der Waals surface area (Å²) in [5.74, 6) is -0.520. The third-order valence-corrected chi connectivity index (χ3v) is 9.90. The zero-order valence-corrected chi connectivity index (χ0v) is 19.9. The minimum absolute atomic E-state index is 0.0117. The number of ether oxygens (including phenoxy) is 1. The van der Waals surface area contributed by atoms with Crippen molar-refractivity contribution in [2.45, 2.75) is 17.6 Å². The van der Waals surface area contributed by atoms with Crippen LogP contribution in [0.25, 0.3) is 21.8 Å². The van der Waals surface area contributed by atoms with E-state index in [-0.39, 0.29) is 25.3 Å². The van der Waals surface area contributed by atoms with Crippen molar-refractivity contribution in [1.29, 1.82) is 0 Å². The number of nitrogens with zero attached hydrogens (tertiary/aromatic N) is 2. The van der Waals surface area contributed by atoms with E-state index in [2.05, 4.69) is 4.98 Å². The van der Waals surface area contributed by atoms with Gasteiger partial charge in [0.25, 0.3) is 0 Å². The molecule has 180 valence electrons. The highest BCUT2D eigenvalue weighted by atomic mass is 32.2. The SMILES string of the molecule is COC(=O)N1CCC(CC(=O)NO)(c2ccc(-c3ccc(-c4cnco4)cc3)s2)S(=O)(=O)CC1. The van der Waals surface area contributed by atoms with Gasteiger partial charge in [-0.25, -0.2) is 23.7 Å². The molecule has 4 rings (SSSR count). The third-order valence-electron chi connectivity index (χ3n) is 5.96. The smallest absolute Gasteiger partial charge is 0.409 e. The third kappa shape index (κ3) is 4.43. The maximum Gasteiger partial charge on any atom is 0.409 e. The maximum absolute atomic E-state index is 13.5. The fourth-order valence-corrected chi connectivity index (χ4v) is 7.68. The van der Waals surface area contributed by atoms with E-state index in [1.165, 1.54) is 29.7 Å². The van der Waals surface area contributed by atoms with Crippen LogP contribution in [0.5, 0.6) is 0 Å². The van der Waals surface area contributed by atoms with Crippen LogP contribution in [0, 0.1) is 0 Å². The fraction of sp³-hybridized carbons (Fsp3) is 0.318. The Kier molecular flexibility index (Phi) is 6.73. The molecular formula is C22H23N3O7S2. The van der Waals surface area contributed by atoms with Crippen LogP contribution in [0.4, 0.5) is 4.79 Å². The van der Waals surface area contributed by atoms with Crippen LogP contribution in [0.15, 0.2) is 53.4 Å². The molecular weight excluding hydrogens is 482 g/mol. The van der Waals surface area contributed by atoms with Gasteiger partial charge in [0.1, 0.15) is 4.75 Å². The second kappa shape index (κ2) is 9.57. The number of sulfone groups is 1. The molecule has 0 saturated carbocycles. The maximum atomic E-state index is 13.5. The molecule has 2 aromatic heterocycles. The van der Waals surface area contributed by atoms with Gasteiger partial charge in [0, 0.05) is 28.4 Å². The highest BCUT2D eigenvalue weighted by Crippen LogP contribution is 2.45. The van der Waals surface area contributed by atoms with Crippen molar-refractivity contribution in [2.24, 2.45) is 0 Å². The number of methoxy groups -OCH3 is 1. The Morgan fingerprint density at radius 1 is 1.21 bits per heavy atom. The largest absolute Gasteiger partial charge is 0.453 e. The first kappa shape index (κ1) is 23.9. The molecule has 1 atom stereocenters. The molecule has 1 aromatic carbocycles. The molecule has 34 heavy (non-hydrogen) atoms. The second-order valence-electron chi connectivity index (χ2n) is 7.84. The molecule has 1 aliphatic rings. The van der Waals surface area contributed by atoms with E-state index < -0.39 is 33.0 Å². The number of hydrogen-bond donors (Lipinski definition) is 2. The summed E-state index contributed by atoms with van der Waals surface area (Å²) in [5, 5.41) is 9.15. The standard InChI is InChI=1S/C22H23N3O7S2/c1-31-21(27)25-9-8-22(12-20(26)24-28,34(29,30)11-10-25)19-7-6-18(33-19)16-4-2-15(3-5-16)17-13-23-14-32-17/h2-7,13-14,28H,8-12H2,1H3,(H,24,26). The molecule has 0 spiro atoms. The predicted octanol–water partition coefficient (Wildman–Crippen LogP) is 3.05. The molecule has 2 amide bonds. The number of hydrogen-bond acceptors (Lipinski definition) is 9. The van der Waals surface area contributed by atoms with Gasteiger partial charge in [-0.2, -0.15) is 0 Å². The first-order valence-corrected chi connectivity index (χ1v) is 12.8. The average molecular weight is 506 g/mol. The molecule has 1 saturated heterocycles. The summed E-state index contributed by atoms with van der Waals surface area (Å²) >= 11 is 1.26. The van der Waals surface area contributed by atoms with Crippen molar-refractivity contribution in [3.63, 3.8) is 0 Å². The molecule has 3 aromatic rings. The van der Waals surface area contributed by atoms with Crippen molar-refractivity contribution in [1.82, 2.24) is 15.4 Å². The Morgan fingerprint density at radius 3 is 2.59 bits per heavy atom. The van der Waals surface area contributed by atoms with E-state index in [9.17, 15) is 18.0 Å². The first-order chi connectivity index (χ1) is 16.3. The summed E-state index contributed by atoms with van der Waals surface area (Å²) in [5.41, 5.74) is 3.26. The topological polar surface area (TPSA) is 139 Å². The average Bonchev–Trinajstić information content (AvgIpc) is 3.53. The number of carbonyl (C=O) groups is 2. The Labute approximate surface area is 200 Å². The molecule has 0 bridgehead atoms. The van der Waals surface area contributed by atoms with Crippen molar-refractivity contribution in [3.8, 4) is 21.8 Å². The number of carbonyl (C=O) groups excluding carboxylic acids is 2. The highest BCUT2D eigenvalue weighted by Gasteiger charge is 2.50. The minimum atomic E-state index is -3.89. The lowest BCUT2D eigenvalue weighted by Gasteiger charge is -2.30. The highest BCUT2D eigenvalue weighted by molar-refractivity contribution is 7.92. The van der Waals surface area contributed by atoms with Crippen LogP contribution in [0.3, 0.4) is 0 Å². The molecule has 3 heterocycles. The molecule has 10 nitrogen and oxygen atoms in total. The van der Waals surface area contributed by atoms with Crippen LogP contribution in [-0.4, -0.2) is 61.5 Å². The number of thiophene rings is 1. The zero-order valence-electron chi connectivity index (χ0n) is 18.3. The van der Waals surface area contributed by atoms with Crippen LogP contribution in [-0.2, 0) is 24.1 Å². The summed E-state index contributed by atoms with van der Waals surface area (Å²) in [6.45, 7) is 0.0442. The second-order valence-corrected chi connectivity index (χ2v) is 11.3. The summed E-state index contributed by atoms with van der Waals surface area (Å²) in [7, 11) is -2.66. The molecule has 0 aliphatic carbocycles. The molecule has 1 fully saturated rings. The van der Waals surface area contributed by atoms with Crippen LogP contribution in [0.2, 0.25) is 0 Å². The number of amides is 2. The van der Waals surface area contributed by atoms with Gasteiger partial charge >= 0.3 is 6.09 Å². The van der Waals surface area contributed by atoms with E-state index in [1.807, 2.05) is 24.3 Å². The number of rotatable bonds is 5. The summed E-state index contributed by atoms with van der Waals surface area (Å²) in [6.07, 6.45) is 1.86. The van der Waals surface area contributed by atoms with E-state index >= 15 is 0 Å². The van der Waals surface area contributed by atoms with Crippen molar-refractivity contribution in [3.05, 3.63) is 53.9 Å². The quantitative estimate of drug-likeness (QED) is 0.398. The van der Waals surface area contributed by atoms with E-state index in [4.69, 9.17) is 14.4 Å². The van der Waals surface area contributed by atoms with Gasteiger partial charge in [-0.3, -0.25) is 10.0 Å². The van der Waals surface area contributed by atoms with Gasteiger partial charge in [-0.05, 0) is 24.1 Å². The van der Waals surface area contributed by atoms with E-state index in [0.29, 0.717) is 10.6 Å². The number of nitrogens with one attached hydrogen (secondary N) is 1. The lowest BCUT2D eigenvalue weighted by Crippen LogP contribution is -2.41. The van der Waals surface area contributed by atoms with Gasteiger partial charge in [0.05, 0.1) is 25.5 Å². The Hall–Kier alpha value is -3.22. The van der Waals surface area contributed by atoms with Gasteiger partial charge in [0.15, 0.2) is 22.0 Å². The number of aromatic nitrogens is 1. The number of hydroxylamine groups is 1. The minimum Gasteiger partial charge on any atom is -0.453 e. The lowest BCUT2D eigenvalue weighted by atomic mass is 9.97. The Balaban J connectivity index is 1.71. The molecule has 1 aliphatic heterocycles. The summed E-state index contributed by atoms with van der Waals surface area (Å²) < 4.78 is 35.5. The van der Waals surface area contributed by atoms with Gasteiger partial charge in [-0.1, -0.05) is 24.3 Å². The number of oxazole rings is 1. The van der Waals surface area contributed by atoms with E-state index in [1.54, 1.807) is 23.8 Å². The van der Waals surface area contributed by atoms with Crippen LogP contribution < -0.4 is 5.48 Å². The summed E-state index contributed by atoms with van der Waals surface area (Å²) in [4.78, 5) is 30.8. The molecule has 0 radical (unpaired) electrons. The normalized spacial score (nSPS) is 19.9. The van der Waals surface area contributed by atoms with Crippen molar-refractivity contribution >= 4 is 33.2 Å².